The Labute approximate surface area is 110 Å². The molecule has 0 spiro atoms. The van der Waals surface area contributed by atoms with Crippen molar-refractivity contribution in [2.45, 2.75) is 69.9 Å². The minimum absolute atomic E-state index is 0.285. The summed E-state index contributed by atoms with van der Waals surface area (Å²) in [5.74, 6) is 0.607. The van der Waals surface area contributed by atoms with Gasteiger partial charge in [0.1, 0.15) is 0 Å². The molecule has 1 unspecified atom stereocenters. The molecule has 1 aliphatic carbocycles. The number of rotatable bonds is 3. The zero-order valence-electron chi connectivity index (χ0n) is 11.4. The Morgan fingerprint density at radius 1 is 1.06 bits per heavy atom. The summed E-state index contributed by atoms with van der Waals surface area (Å²) in [5.41, 5.74) is 5.96. The average molecular weight is 253 g/mol. The van der Waals surface area contributed by atoms with E-state index in [1.54, 1.807) is 0 Å². The highest BCUT2D eigenvalue weighted by atomic mass is 16.5. The fraction of sp³-hybridized carbons (Fsp3) is 0.929. The van der Waals surface area contributed by atoms with E-state index in [1.807, 2.05) is 0 Å². The van der Waals surface area contributed by atoms with E-state index in [-0.39, 0.29) is 6.10 Å². The molecule has 0 amide bonds. The van der Waals surface area contributed by atoms with Crippen molar-refractivity contribution in [3.05, 3.63) is 0 Å². The zero-order valence-corrected chi connectivity index (χ0v) is 11.4. The molecule has 1 saturated carbocycles. The van der Waals surface area contributed by atoms with E-state index in [9.17, 15) is 0 Å². The van der Waals surface area contributed by atoms with Crippen LogP contribution in [0, 0.1) is 0 Å². The van der Waals surface area contributed by atoms with Gasteiger partial charge < -0.3 is 15.8 Å². The van der Waals surface area contributed by atoms with Crippen LogP contribution in [0.1, 0.15) is 57.8 Å². The van der Waals surface area contributed by atoms with E-state index < -0.39 is 0 Å². The molecule has 2 rings (SSSR count). The third kappa shape index (κ3) is 4.84. The summed E-state index contributed by atoms with van der Waals surface area (Å²) in [6.07, 6.45) is 11.7. The van der Waals surface area contributed by atoms with Crippen LogP contribution in [0.3, 0.4) is 0 Å². The van der Waals surface area contributed by atoms with Crippen molar-refractivity contribution in [2.24, 2.45) is 10.7 Å². The van der Waals surface area contributed by atoms with Gasteiger partial charge in [0, 0.05) is 12.6 Å². The van der Waals surface area contributed by atoms with E-state index in [4.69, 9.17) is 10.5 Å². The van der Waals surface area contributed by atoms with Gasteiger partial charge in [0.05, 0.1) is 12.6 Å². The standard InChI is InChI=1S/C14H27N3O/c15-14(16-11-13-9-5-6-10-18-13)17-12-7-3-1-2-4-8-12/h12-13H,1-11H2,(H3,15,16,17). The van der Waals surface area contributed by atoms with E-state index in [0.717, 1.165) is 13.0 Å². The van der Waals surface area contributed by atoms with Crippen LogP contribution in [0.2, 0.25) is 0 Å². The SMILES string of the molecule is NC(=NCC1CCCCO1)NC1CCCCCC1. The summed E-state index contributed by atoms with van der Waals surface area (Å²) in [4.78, 5) is 4.43. The van der Waals surface area contributed by atoms with Gasteiger partial charge in [-0.05, 0) is 32.1 Å². The normalized spacial score (nSPS) is 27.8. The lowest BCUT2D eigenvalue weighted by atomic mass is 10.1. The van der Waals surface area contributed by atoms with Crippen molar-refractivity contribution in [3.8, 4) is 0 Å². The van der Waals surface area contributed by atoms with Crippen molar-refractivity contribution in [1.29, 1.82) is 0 Å². The molecule has 0 radical (unpaired) electrons. The van der Waals surface area contributed by atoms with Crippen LogP contribution in [0.25, 0.3) is 0 Å². The number of hydrogen-bond acceptors (Lipinski definition) is 2. The molecular formula is C14H27N3O. The summed E-state index contributed by atoms with van der Waals surface area (Å²) < 4.78 is 5.65. The minimum atomic E-state index is 0.285. The van der Waals surface area contributed by atoms with E-state index >= 15 is 0 Å². The van der Waals surface area contributed by atoms with Crippen LogP contribution >= 0.6 is 0 Å². The lowest BCUT2D eigenvalue weighted by Crippen LogP contribution is -2.40. The minimum Gasteiger partial charge on any atom is -0.376 e. The third-order valence-electron chi connectivity index (χ3n) is 3.95. The predicted octanol–water partition coefficient (Wildman–Crippen LogP) is 2.18. The molecule has 2 fully saturated rings. The molecule has 4 nitrogen and oxygen atoms in total. The Morgan fingerprint density at radius 3 is 2.44 bits per heavy atom. The number of nitrogens with one attached hydrogen (secondary N) is 1. The topological polar surface area (TPSA) is 59.6 Å². The molecular weight excluding hydrogens is 226 g/mol. The smallest absolute Gasteiger partial charge is 0.188 e. The van der Waals surface area contributed by atoms with Gasteiger partial charge >= 0.3 is 0 Å². The van der Waals surface area contributed by atoms with Crippen molar-refractivity contribution in [1.82, 2.24) is 5.32 Å². The highest BCUT2D eigenvalue weighted by Gasteiger charge is 2.14. The Balaban J connectivity index is 1.70. The Kier molecular flexibility index (Phi) is 5.78. The second kappa shape index (κ2) is 7.62. The molecule has 3 N–H and O–H groups in total. The molecule has 2 aliphatic rings. The fourth-order valence-corrected chi connectivity index (χ4v) is 2.83. The van der Waals surface area contributed by atoms with Crippen LogP contribution in [-0.4, -0.2) is 31.3 Å². The maximum absolute atomic E-state index is 5.96. The van der Waals surface area contributed by atoms with Crippen molar-refractivity contribution in [2.75, 3.05) is 13.2 Å². The maximum atomic E-state index is 5.96. The highest BCUT2D eigenvalue weighted by Crippen LogP contribution is 2.17. The van der Waals surface area contributed by atoms with Crippen molar-refractivity contribution < 1.29 is 4.74 Å². The number of hydrogen-bond donors (Lipinski definition) is 2. The largest absolute Gasteiger partial charge is 0.376 e. The van der Waals surface area contributed by atoms with Crippen molar-refractivity contribution >= 4 is 5.96 Å². The number of aliphatic imine (C=N–C) groups is 1. The van der Waals surface area contributed by atoms with Gasteiger partial charge in [-0.3, -0.25) is 4.99 Å². The highest BCUT2D eigenvalue weighted by molar-refractivity contribution is 5.78. The number of guanidine groups is 1. The van der Waals surface area contributed by atoms with Crippen LogP contribution in [0.15, 0.2) is 4.99 Å². The summed E-state index contributed by atoms with van der Waals surface area (Å²) in [7, 11) is 0. The number of nitrogens with zero attached hydrogens (tertiary/aromatic N) is 1. The first-order chi connectivity index (χ1) is 8.84. The van der Waals surface area contributed by atoms with E-state index in [2.05, 4.69) is 10.3 Å². The molecule has 0 aromatic carbocycles. The lowest BCUT2D eigenvalue weighted by molar-refractivity contribution is 0.0224. The first kappa shape index (κ1) is 13.7. The van der Waals surface area contributed by atoms with Crippen LogP contribution < -0.4 is 11.1 Å². The van der Waals surface area contributed by atoms with Gasteiger partial charge in [-0.15, -0.1) is 0 Å². The number of nitrogens with two attached hydrogens (primary N) is 1. The molecule has 0 bridgehead atoms. The van der Waals surface area contributed by atoms with Gasteiger partial charge in [-0.25, -0.2) is 0 Å². The van der Waals surface area contributed by atoms with Gasteiger partial charge in [0.15, 0.2) is 5.96 Å². The van der Waals surface area contributed by atoms with Crippen LogP contribution in [-0.2, 0) is 4.74 Å². The lowest BCUT2D eigenvalue weighted by Gasteiger charge is -2.21. The van der Waals surface area contributed by atoms with E-state index in [1.165, 1.54) is 51.4 Å². The summed E-state index contributed by atoms with van der Waals surface area (Å²) >= 11 is 0. The second-order valence-electron chi connectivity index (χ2n) is 5.55. The Bertz CT molecular complexity index is 254. The molecule has 1 saturated heterocycles. The van der Waals surface area contributed by atoms with E-state index in [0.29, 0.717) is 18.5 Å². The first-order valence-corrected chi connectivity index (χ1v) is 7.52. The first-order valence-electron chi connectivity index (χ1n) is 7.52. The molecule has 1 atom stereocenters. The summed E-state index contributed by atoms with van der Waals surface area (Å²) in [5, 5.41) is 3.37. The fourth-order valence-electron chi connectivity index (χ4n) is 2.83. The second-order valence-corrected chi connectivity index (χ2v) is 5.55. The van der Waals surface area contributed by atoms with Crippen LogP contribution in [0.5, 0.6) is 0 Å². The molecule has 1 heterocycles. The molecule has 4 heteroatoms. The number of ether oxygens (including phenoxy) is 1. The average Bonchev–Trinajstić information content (AvgIpc) is 2.66. The van der Waals surface area contributed by atoms with Gasteiger partial charge in [-0.2, -0.15) is 0 Å². The quantitative estimate of drug-likeness (QED) is 0.460. The molecule has 0 aromatic rings. The van der Waals surface area contributed by atoms with Gasteiger partial charge in [0.2, 0.25) is 0 Å². The monoisotopic (exact) mass is 253 g/mol. The van der Waals surface area contributed by atoms with Gasteiger partial charge in [0.25, 0.3) is 0 Å². The summed E-state index contributed by atoms with van der Waals surface area (Å²) in [6.45, 7) is 1.60. The Morgan fingerprint density at radius 2 is 1.78 bits per heavy atom. The zero-order chi connectivity index (χ0) is 12.6. The van der Waals surface area contributed by atoms with Crippen molar-refractivity contribution in [3.63, 3.8) is 0 Å². The summed E-state index contributed by atoms with van der Waals surface area (Å²) in [6, 6.07) is 0.531. The van der Waals surface area contributed by atoms with Gasteiger partial charge in [-0.1, -0.05) is 25.7 Å². The van der Waals surface area contributed by atoms with Crippen LogP contribution in [0.4, 0.5) is 0 Å². The molecule has 18 heavy (non-hydrogen) atoms. The predicted molar refractivity (Wildman–Crippen MR) is 74.7 cm³/mol. The third-order valence-corrected chi connectivity index (χ3v) is 3.95. The Hall–Kier alpha value is -0.770. The molecule has 104 valence electrons. The molecule has 0 aromatic heterocycles. The maximum Gasteiger partial charge on any atom is 0.188 e. The molecule has 1 aliphatic heterocycles.